The third-order valence-electron chi connectivity index (χ3n) is 3.48. The van der Waals surface area contributed by atoms with Gasteiger partial charge in [0, 0.05) is 39.2 Å². The van der Waals surface area contributed by atoms with E-state index in [9.17, 15) is 9.59 Å². The van der Waals surface area contributed by atoms with Crippen molar-refractivity contribution in [2.45, 2.75) is 6.92 Å². The minimum atomic E-state index is -0.0685. The minimum absolute atomic E-state index is 0.00671. The molecule has 0 unspecified atom stereocenters. The normalized spacial score (nSPS) is 14.8. The van der Waals surface area contributed by atoms with Crippen LogP contribution in [0.5, 0.6) is 11.5 Å². The largest absolute Gasteiger partial charge is 0.497 e. The molecule has 0 bridgehead atoms. The number of ether oxygens (including phenoxy) is 2. The molecule has 0 N–H and O–H groups in total. The van der Waals surface area contributed by atoms with Crippen LogP contribution in [0, 0.1) is 0 Å². The third kappa shape index (κ3) is 4.11. The average molecular weight is 292 g/mol. The molecule has 21 heavy (non-hydrogen) atoms. The number of amides is 2. The highest BCUT2D eigenvalue weighted by atomic mass is 16.5. The van der Waals surface area contributed by atoms with Crippen molar-refractivity contribution in [3.8, 4) is 11.5 Å². The fourth-order valence-corrected chi connectivity index (χ4v) is 2.20. The number of carbonyl (C=O) groups is 2. The van der Waals surface area contributed by atoms with Gasteiger partial charge in [-0.3, -0.25) is 9.59 Å². The van der Waals surface area contributed by atoms with Gasteiger partial charge in [0.1, 0.15) is 11.5 Å². The number of methoxy groups -OCH3 is 1. The lowest BCUT2D eigenvalue weighted by molar-refractivity contribution is -0.139. The quantitative estimate of drug-likeness (QED) is 0.822. The number of carbonyl (C=O) groups excluding carboxylic acids is 2. The van der Waals surface area contributed by atoms with Crippen LogP contribution in [0.2, 0.25) is 0 Å². The zero-order valence-corrected chi connectivity index (χ0v) is 12.4. The van der Waals surface area contributed by atoms with Crippen molar-refractivity contribution in [2.24, 2.45) is 0 Å². The van der Waals surface area contributed by atoms with Gasteiger partial charge in [0.15, 0.2) is 6.61 Å². The molecule has 114 valence electrons. The monoisotopic (exact) mass is 292 g/mol. The molecule has 2 amide bonds. The van der Waals surface area contributed by atoms with Crippen molar-refractivity contribution in [3.05, 3.63) is 24.3 Å². The van der Waals surface area contributed by atoms with E-state index in [-0.39, 0.29) is 18.4 Å². The Balaban J connectivity index is 1.81. The number of hydrogen-bond acceptors (Lipinski definition) is 4. The Kier molecular flexibility index (Phi) is 5.03. The van der Waals surface area contributed by atoms with Gasteiger partial charge in [-0.2, -0.15) is 0 Å². The smallest absolute Gasteiger partial charge is 0.260 e. The Labute approximate surface area is 124 Å². The van der Waals surface area contributed by atoms with E-state index in [4.69, 9.17) is 9.47 Å². The van der Waals surface area contributed by atoms with E-state index in [2.05, 4.69) is 0 Å². The Morgan fingerprint density at radius 2 is 1.71 bits per heavy atom. The van der Waals surface area contributed by atoms with Crippen LogP contribution in [0.3, 0.4) is 0 Å². The van der Waals surface area contributed by atoms with Gasteiger partial charge >= 0.3 is 0 Å². The molecule has 6 heteroatoms. The highest BCUT2D eigenvalue weighted by Gasteiger charge is 2.22. The van der Waals surface area contributed by atoms with E-state index in [0.29, 0.717) is 37.7 Å². The van der Waals surface area contributed by atoms with Crippen molar-refractivity contribution < 1.29 is 19.1 Å². The molecule has 1 aromatic rings. The van der Waals surface area contributed by atoms with E-state index in [1.54, 1.807) is 36.0 Å². The van der Waals surface area contributed by atoms with Crippen molar-refractivity contribution in [1.82, 2.24) is 9.80 Å². The molecule has 0 aromatic heterocycles. The summed E-state index contributed by atoms with van der Waals surface area (Å²) in [6.07, 6.45) is 0. The summed E-state index contributed by atoms with van der Waals surface area (Å²) >= 11 is 0. The van der Waals surface area contributed by atoms with Gasteiger partial charge in [-0.25, -0.2) is 0 Å². The summed E-state index contributed by atoms with van der Waals surface area (Å²) in [5, 5.41) is 0. The predicted molar refractivity (Wildman–Crippen MR) is 77.3 cm³/mol. The number of nitrogens with zero attached hydrogens (tertiary/aromatic N) is 2. The van der Waals surface area contributed by atoms with Crippen LogP contribution >= 0.6 is 0 Å². The van der Waals surface area contributed by atoms with Gasteiger partial charge in [-0.1, -0.05) is 6.07 Å². The fraction of sp³-hybridized carbons (Fsp3) is 0.467. The predicted octanol–water partition coefficient (Wildman–Crippen LogP) is 0.765. The summed E-state index contributed by atoms with van der Waals surface area (Å²) < 4.78 is 10.6. The highest BCUT2D eigenvalue weighted by molar-refractivity contribution is 5.78. The Hall–Kier alpha value is -2.24. The molecule has 1 aromatic carbocycles. The first-order valence-corrected chi connectivity index (χ1v) is 6.90. The summed E-state index contributed by atoms with van der Waals surface area (Å²) in [6, 6.07) is 7.14. The molecule has 0 radical (unpaired) electrons. The maximum Gasteiger partial charge on any atom is 0.260 e. The second-order valence-corrected chi connectivity index (χ2v) is 4.85. The van der Waals surface area contributed by atoms with Crippen molar-refractivity contribution >= 4 is 11.8 Å². The van der Waals surface area contributed by atoms with Gasteiger partial charge < -0.3 is 19.3 Å². The Morgan fingerprint density at radius 3 is 2.33 bits per heavy atom. The van der Waals surface area contributed by atoms with Gasteiger partial charge in [0.25, 0.3) is 5.91 Å². The summed E-state index contributed by atoms with van der Waals surface area (Å²) in [7, 11) is 1.58. The number of rotatable bonds is 4. The van der Waals surface area contributed by atoms with E-state index < -0.39 is 0 Å². The Morgan fingerprint density at radius 1 is 1.10 bits per heavy atom. The second kappa shape index (κ2) is 6.97. The van der Waals surface area contributed by atoms with Crippen LogP contribution in [-0.4, -0.2) is 61.5 Å². The maximum absolute atomic E-state index is 12.1. The van der Waals surface area contributed by atoms with E-state index in [0.717, 1.165) is 0 Å². The first-order valence-electron chi connectivity index (χ1n) is 6.90. The van der Waals surface area contributed by atoms with Crippen LogP contribution in [0.25, 0.3) is 0 Å². The Bertz CT molecular complexity index is 510. The fourth-order valence-electron chi connectivity index (χ4n) is 2.20. The highest BCUT2D eigenvalue weighted by Crippen LogP contribution is 2.18. The van der Waals surface area contributed by atoms with Crippen LogP contribution in [-0.2, 0) is 9.59 Å². The van der Waals surface area contributed by atoms with Crippen LogP contribution in [0.15, 0.2) is 24.3 Å². The summed E-state index contributed by atoms with van der Waals surface area (Å²) in [5.41, 5.74) is 0. The summed E-state index contributed by atoms with van der Waals surface area (Å²) in [4.78, 5) is 26.8. The molecular formula is C15H20N2O4. The lowest BCUT2D eigenvalue weighted by atomic mass is 10.3. The van der Waals surface area contributed by atoms with E-state index in [1.165, 1.54) is 0 Å². The van der Waals surface area contributed by atoms with Gasteiger partial charge in [0.05, 0.1) is 7.11 Å². The lowest BCUT2D eigenvalue weighted by Gasteiger charge is -2.34. The average Bonchev–Trinajstić information content (AvgIpc) is 2.53. The zero-order valence-electron chi connectivity index (χ0n) is 12.4. The molecule has 6 nitrogen and oxygen atoms in total. The van der Waals surface area contributed by atoms with Crippen LogP contribution in [0.1, 0.15) is 6.92 Å². The molecule has 0 saturated carbocycles. The van der Waals surface area contributed by atoms with E-state index in [1.807, 2.05) is 12.1 Å². The van der Waals surface area contributed by atoms with Crippen molar-refractivity contribution in [1.29, 1.82) is 0 Å². The minimum Gasteiger partial charge on any atom is -0.497 e. The number of benzene rings is 1. The molecule has 0 atom stereocenters. The SMILES string of the molecule is COc1cccc(OCC(=O)N2CCN(C(C)=O)CC2)c1. The molecule has 1 aliphatic heterocycles. The molecule has 1 saturated heterocycles. The molecule has 1 fully saturated rings. The van der Waals surface area contributed by atoms with Crippen LogP contribution in [0.4, 0.5) is 0 Å². The van der Waals surface area contributed by atoms with Crippen LogP contribution < -0.4 is 9.47 Å². The van der Waals surface area contributed by atoms with Gasteiger partial charge in [-0.05, 0) is 12.1 Å². The topological polar surface area (TPSA) is 59.1 Å². The third-order valence-corrected chi connectivity index (χ3v) is 3.48. The van der Waals surface area contributed by atoms with Gasteiger partial charge in [-0.15, -0.1) is 0 Å². The molecule has 1 aliphatic rings. The second-order valence-electron chi connectivity index (χ2n) is 4.85. The number of piperazine rings is 1. The molecule has 0 aliphatic carbocycles. The first kappa shape index (κ1) is 15.2. The van der Waals surface area contributed by atoms with Crippen molar-refractivity contribution in [3.63, 3.8) is 0 Å². The zero-order chi connectivity index (χ0) is 15.2. The number of hydrogen-bond donors (Lipinski definition) is 0. The standard InChI is InChI=1S/C15H20N2O4/c1-12(18)16-6-8-17(9-7-16)15(19)11-21-14-5-3-4-13(10-14)20-2/h3-5,10H,6-9,11H2,1-2H3. The molecule has 2 rings (SSSR count). The first-order chi connectivity index (χ1) is 10.1. The molecular weight excluding hydrogens is 272 g/mol. The molecule has 0 spiro atoms. The summed E-state index contributed by atoms with van der Waals surface area (Å²) in [5.74, 6) is 1.27. The maximum atomic E-state index is 12.1. The van der Waals surface area contributed by atoms with E-state index >= 15 is 0 Å². The molecule has 1 heterocycles. The van der Waals surface area contributed by atoms with Gasteiger partial charge in [0.2, 0.25) is 5.91 Å². The summed E-state index contributed by atoms with van der Waals surface area (Å²) in [6.45, 7) is 3.82. The van der Waals surface area contributed by atoms with Crippen molar-refractivity contribution in [2.75, 3.05) is 39.9 Å². The lowest BCUT2D eigenvalue weighted by Crippen LogP contribution is -2.51.